The van der Waals surface area contributed by atoms with E-state index < -0.39 is 17.6 Å². The quantitative estimate of drug-likeness (QED) is 0.913. The van der Waals surface area contributed by atoms with Crippen LogP contribution in [0, 0.1) is 0 Å². The molecule has 0 aliphatic rings. The highest BCUT2D eigenvalue weighted by molar-refractivity contribution is 5.71. The molecule has 0 atom stereocenters. The van der Waals surface area contributed by atoms with Gasteiger partial charge < -0.3 is 14.8 Å². The highest BCUT2D eigenvalue weighted by Gasteiger charge is 2.32. The lowest BCUT2D eigenvalue weighted by molar-refractivity contribution is -0.141. The maximum absolute atomic E-state index is 12.6. The van der Waals surface area contributed by atoms with E-state index in [9.17, 15) is 23.1 Å². The number of H-pyrrole nitrogens is 1. The van der Waals surface area contributed by atoms with Crippen molar-refractivity contribution in [1.29, 1.82) is 0 Å². The molecule has 1 heterocycles. The third-order valence-corrected chi connectivity index (χ3v) is 2.74. The predicted octanol–water partition coefficient (Wildman–Crippen LogP) is 2.67. The van der Waals surface area contributed by atoms with Gasteiger partial charge in [-0.3, -0.25) is 0 Å². The van der Waals surface area contributed by atoms with Crippen molar-refractivity contribution in [1.82, 2.24) is 9.97 Å². The molecule has 22 heavy (non-hydrogen) atoms. The van der Waals surface area contributed by atoms with Crippen molar-refractivity contribution in [3.8, 4) is 11.5 Å². The standard InChI is InChI=1S/C14H11F3N2O3/c1-22-10-5-3-8(11(20)7-10)2-4-9-6-12(14(15,16)17)19-13(21)18-9/h2-7,20H,1H3,(H,18,19,21). The van der Waals surface area contributed by atoms with Gasteiger partial charge in [-0.15, -0.1) is 0 Å². The van der Waals surface area contributed by atoms with Gasteiger partial charge in [0.05, 0.1) is 12.8 Å². The fourth-order valence-corrected chi connectivity index (χ4v) is 1.68. The number of benzene rings is 1. The summed E-state index contributed by atoms with van der Waals surface area (Å²) in [6.07, 6.45) is -2.13. The molecule has 0 bridgehead atoms. The Hall–Kier alpha value is -2.77. The van der Waals surface area contributed by atoms with E-state index in [0.717, 1.165) is 0 Å². The van der Waals surface area contributed by atoms with Crippen molar-refractivity contribution in [3.63, 3.8) is 0 Å². The summed E-state index contributed by atoms with van der Waals surface area (Å²) in [5.41, 5.74) is -2.12. The van der Waals surface area contributed by atoms with E-state index in [1.807, 2.05) is 0 Å². The monoisotopic (exact) mass is 312 g/mol. The fraction of sp³-hybridized carbons (Fsp3) is 0.143. The number of aromatic hydroxyl groups is 1. The summed E-state index contributed by atoms with van der Waals surface area (Å²) in [5, 5.41) is 9.74. The smallest absolute Gasteiger partial charge is 0.431 e. The predicted molar refractivity (Wildman–Crippen MR) is 73.4 cm³/mol. The van der Waals surface area contributed by atoms with Crippen molar-refractivity contribution in [2.75, 3.05) is 7.11 Å². The Kier molecular flexibility index (Phi) is 4.20. The Bertz CT molecular complexity index is 767. The van der Waals surface area contributed by atoms with Crippen LogP contribution in [0.25, 0.3) is 12.2 Å². The Labute approximate surface area is 122 Å². The summed E-state index contributed by atoms with van der Waals surface area (Å²) in [4.78, 5) is 16.2. The molecule has 8 heteroatoms. The molecule has 0 spiro atoms. The third kappa shape index (κ3) is 3.66. The second-order valence-corrected chi connectivity index (χ2v) is 4.28. The average molecular weight is 312 g/mol. The molecule has 0 amide bonds. The lowest BCUT2D eigenvalue weighted by Gasteiger charge is -2.06. The summed E-state index contributed by atoms with van der Waals surface area (Å²) < 4.78 is 42.7. The summed E-state index contributed by atoms with van der Waals surface area (Å²) >= 11 is 0. The van der Waals surface area contributed by atoms with Gasteiger partial charge in [-0.1, -0.05) is 0 Å². The first-order valence-electron chi connectivity index (χ1n) is 6.03. The molecule has 2 rings (SSSR count). The molecule has 0 aliphatic carbocycles. The van der Waals surface area contributed by atoms with Crippen molar-refractivity contribution >= 4 is 12.2 Å². The number of ether oxygens (including phenoxy) is 1. The van der Waals surface area contributed by atoms with Crippen LogP contribution in [0.3, 0.4) is 0 Å². The summed E-state index contributed by atoms with van der Waals surface area (Å²) in [6.45, 7) is 0. The zero-order valence-electron chi connectivity index (χ0n) is 11.3. The van der Waals surface area contributed by atoms with Crippen LogP contribution in [0.15, 0.2) is 29.1 Å². The Morgan fingerprint density at radius 3 is 2.59 bits per heavy atom. The lowest BCUT2D eigenvalue weighted by Crippen LogP contribution is -2.19. The number of rotatable bonds is 3. The SMILES string of the molecule is COc1ccc(C=Cc2cc(C(F)(F)F)[nH]c(=O)n2)c(O)c1. The molecule has 2 aromatic rings. The van der Waals surface area contributed by atoms with Gasteiger partial charge in [0.2, 0.25) is 0 Å². The number of hydrogen-bond acceptors (Lipinski definition) is 4. The number of hydrogen-bond donors (Lipinski definition) is 2. The zero-order valence-corrected chi connectivity index (χ0v) is 11.3. The fourth-order valence-electron chi connectivity index (χ4n) is 1.68. The minimum atomic E-state index is -4.67. The van der Waals surface area contributed by atoms with E-state index in [0.29, 0.717) is 17.4 Å². The number of phenols is 1. The summed E-state index contributed by atoms with van der Waals surface area (Å²) in [5.74, 6) is 0.319. The molecule has 0 unspecified atom stereocenters. The van der Waals surface area contributed by atoms with Crippen molar-refractivity contribution < 1.29 is 23.0 Å². The second-order valence-electron chi connectivity index (χ2n) is 4.28. The van der Waals surface area contributed by atoms with E-state index in [1.54, 1.807) is 11.1 Å². The molecular weight excluding hydrogens is 301 g/mol. The molecule has 1 aromatic heterocycles. The van der Waals surface area contributed by atoms with Crippen LogP contribution >= 0.6 is 0 Å². The van der Waals surface area contributed by atoms with Crippen molar-refractivity contribution in [2.45, 2.75) is 6.18 Å². The number of nitrogens with one attached hydrogen (secondary N) is 1. The van der Waals surface area contributed by atoms with Crippen molar-refractivity contribution in [3.05, 3.63) is 51.7 Å². The number of aromatic nitrogens is 2. The van der Waals surface area contributed by atoms with Crippen LogP contribution in [0.5, 0.6) is 11.5 Å². The van der Waals surface area contributed by atoms with Crippen LogP contribution in [0.4, 0.5) is 13.2 Å². The van der Waals surface area contributed by atoms with E-state index in [4.69, 9.17) is 4.74 Å². The molecule has 0 fully saturated rings. The molecule has 0 saturated heterocycles. The van der Waals surface area contributed by atoms with Crippen LogP contribution in [0.1, 0.15) is 17.0 Å². The maximum atomic E-state index is 12.6. The number of nitrogens with zero attached hydrogens (tertiary/aromatic N) is 1. The summed E-state index contributed by atoms with van der Waals surface area (Å²) in [6, 6.07) is 5.15. The van der Waals surface area contributed by atoms with E-state index >= 15 is 0 Å². The zero-order chi connectivity index (χ0) is 16.3. The molecule has 0 aliphatic heterocycles. The largest absolute Gasteiger partial charge is 0.507 e. The van der Waals surface area contributed by atoms with Gasteiger partial charge in [-0.2, -0.15) is 18.2 Å². The molecule has 0 saturated carbocycles. The molecular formula is C14H11F3N2O3. The molecule has 5 nitrogen and oxygen atoms in total. The van der Waals surface area contributed by atoms with Gasteiger partial charge >= 0.3 is 11.9 Å². The Balaban J connectivity index is 2.34. The molecule has 2 N–H and O–H groups in total. The van der Waals surface area contributed by atoms with Gasteiger partial charge in [0.1, 0.15) is 17.2 Å². The number of halogens is 3. The van der Waals surface area contributed by atoms with Crippen LogP contribution in [0.2, 0.25) is 0 Å². The van der Waals surface area contributed by atoms with Gasteiger partial charge in [-0.05, 0) is 30.4 Å². The maximum Gasteiger partial charge on any atom is 0.431 e. The Morgan fingerprint density at radius 2 is 2.00 bits per heavy atom. The topological polar surface area (TPSA) is 75.2 Å². The van der Waals surface area contributed by atoms with E-state index in [1.165, 1.54) is 31.4 Å². The number of methoxy groups -OCH3 is 1. The van der Waals surface area contributed by atoms with Gasteiger partial charge in [0.15, 0.2) is 0 Å². The molecule has 0 radical (unpaired) electrons. The first kappa shape index (κ1) is 15.6. The third-order valence-electron chi connectivity index (χ3n) is 2.74. The number of aromatic amines is 1. The van der Waals surface area contributed by atoms with E-state index in [-0.39, 0.29) is 11.4 Å². The lowest BCUT2D eigenvalue weighted by atomic mass is 10.1. The normalized spacial score (nSPS) is 11.8. The van der Waals surface area contributed by atoms with Crippen LogP contribution in [-0.4, -0.2) is 22.2 Å². The van der Waals surface area contributed by atoms with E-state index in [2.05, 4.69) is 4.98 Å². The van der Waals surface area contributed by atoms with Crippen LogP contribution < -0.4 is 10.4 Å². The van der Waals surface area contributed by atoms with Gasteiger partial charge in [-0.25, -0.2) is 4.79 Å². The van der Waals surface area contributed by atoms with Gasteiger partial charge in [0.25, 0.3) is 0 Å². The Morgan fingerprint density at radius 1 is 1.27 bits per heavy atom. The first-order valence-corrected chi connectivity index (χ1v) is 6.03. The highest BCUT2D eigenvalue weighted by atomic mass is 19.4. The minimum absolute atomic E-state index is 0.114. The van der Waals surface area contributed by atoms with Crippen LogP contribution in [-0.2, 0) is 6.18 Å². The highest BCUT2D eigenvalue weighted by Crippen LogP contribution is 2.28. The molecule has 1 aromatic carbocycles. The summed E-state index contributed by atoms with van der Waals surface area (Å²) in [7, 11) is 1.43. The number of alkyl halides is 3. The molecule has 116 valence electrons. The average Bonchev–Trinajstić information content (AvgIpc) is 2.44. The minimum Gasteiger partial charge on any atom is -0.507 e. The second kappa shape index (κ2) is 5.92. The number of phenolic OH excluding ortho intramolecular Hbond substituents is 1. The van der Waals surface area contributed by atoms with Crippen molar-refractivity contribution in [2.24, 2.45) is 0 Å². The first-order chi connectivity index (χ1) is 10.3. The van der Waals surface area contributed by atoms with Gasteiger partial charge in [0, 0.05) is 11.6 Å².